The molecule has 1 atom stereocenters. The van der Waals surface area contributed by atoms with Gasteiger partial charge in [0.1, 0.15) is 6.04 Å². The van der Waals surface area contributed by atoms with Gasteiger partial charge in [-0.15, -0.1) is 5.10 Å². The van der Waals surface area contributed by atoms with E-state index in [0.29, 0.717) is 12.6 Å². The molecule has 0 radical (unpaired) electrons. The zero-order chi connectivity index (χ0) is 13.2. The first-order chi connectivity index (χ1) is 9.29. The van der Waals surface area contributed by atoms with Crippen molar-refractivity contribution in [1.29, 1.82) is 0 Å². The first kappa shape index (κ1) is 12.5. The van der Waals surface area contributed by atoms with Crippen molar-refractivity contribution in [2.45, 2.75) is 50.7 Å². The zero-order valence-electron chi connectivity index (χ0n) is 11.2. The van der Waals surface area contributed by atoms with Crippen molar-refractivity contribution in [1.82, 2.24) is 25.1 Å². The number of piperidine rings is 1. The van der Waals surface area contributed by atoms with Crippen LogP contribution in [-0.4, -0.2) is 50.8 Å². The van der Waals surface area contributed by atoms with Gasteiger partial charge in [0.05, 0.1) is 19.7 Å². The summed E-state index contributed by atoms with van der Waals surface area (Å²) in [7, 11) is 1.45. The van der Waals surface area contributed by atoms with E-state index in [1.807, 2.05) is 4.68 Å². The maximum Gasteiger partial charge on any atom is 0.323 e. The van der Waals surface area contributed by atoms with Gasteiger partial charge in [-0.3, -0.25) is 9.69 Å². The van der Waals surface area contributed by atoms with Crippen LogP contribution in [0.4, 0.5) is 0 Å². The molecular weight excluding hydrogens is 246 g/mol. The standard InChI is InChI=1S/C12H19N5O2/c1-19-12(18)10-4-2-3-7-16(10)8-11-13-14-15-17(11)9-5-6-9/h9-10H,2-8H2,1H3. The Morgan fingerprint density at radius 3 is 2.95 bits per heavy atom. The second-order valence-electron chi connectivity index (χ2n) is 5.28. The third-order valence-electron chi connectivity index (χ3n) is 3.89. The molecule has 1 saturated carbocycles. The van der Waals surface area contributed by atoms with Gasteiger partial charge in [0.15, 0.2) is 5.82 Å². The van der Waals surface area contributed by atoms with Crippen LogP contribution < -0.4 is 0 Å². The van der Waals surface area contributed by atoms with Crippen LogP contribution in [0.3, 0.4) is 0 Å². The topological polar surface area (TPSA) is 73.1 Å². The van der Waals surface area contributed by atoms with Gasteiger partial charge in [-0.05, 0) is 42.7 Å². The highest BCUT2D eigenvalue weighted by Gasteiger charge is 2.33. The molecule has 1 aromatic rings. The minimum Gasteiger partial charge on any atom is -0.468 e. The molecule has 1 aliphatic heterocycles. The Labute approximate surface area is 111 Å². The molecule has 0 bridgehead atoms. The van der Waals surface area contributed by atoms with Crippen LogP contribution in [-0.2, 0) is 16.1 Å². The van der Waals surface area contributed by atoms with Crippen LogP contribution in [0.1, 0.15) is 44.0 Å². The molecule has 0 amide bonds. The molecule has 1 unspecified atom stereocenters. The first-order valence-corrected chi connectivity index (χ1v) is 6.88. The fourth-order valence-corrected chi connectivity index (χ4v) is 2.68. The number of rotatable bonds is 4. The molecule has 7 heteroatoms. The lowest BCUT2D eigenvalue weighted by Crippen LogP contribution is -2.45. The predicted octanol–water partition coefficient (Wildman–Crippen LogP) is 0.535. The summed E-state index contributed by atoms with van der Waals surface area (Å²) in [5.41, 5.74) is 0. The number of methoxy groups -OCH3 is 1. The van der Waals surface area contributed by atoms with Crippen molar-refractivity contribution in [2.75, 3.05) is 13.7 Å². The number of likely N-dealkylation sites (tertiary alicyclic amines) is 1. The smallest absolute Gasteiger partial charge is 0.323 e. The Kier molecular flexibility index (Phi) is 3.46. The number of hydrogen-bond donors (Lipinski definition) is 0. The van der Waals surface area contributed by atoms with E-state index in [1.54, 1.807) is 0 Å². The van der Waals surface area contributed by atoms with Crippen molar-refractivity contribution in [3.8, 4) is 0 Å². The highest BCUT2D eigenvalue weighted by atomic mass is 16.5. The molecule has 2 fully saturated rings. The molecule has 2 heterocycles. The third-order valence-corrected chi connectivity index (χ3v) is 3.89. The van der Waals surface area contributed by atoms with Crippen LogP contribution in [0.2, 0.25) is 0 Å². The van der Waals surface area contributed by atoms with Crippen molar-refractivity contribution in [3.05, 3.63) is 5.82 Å². The Morgan fingerprint density at radius 1 is 1.37 bits per heavy atom. The number of nitrogens with zero attached hydrogens (tertiary/aromatic N) is 5. The average molecular weight is 265 g/mol. The molecule has 7 nitrogen and oxygen atoms in total. The molecule has 0 aromatic carbocycles. The average Bonchev–Trinajstić information content (AvgIpc) is 3.19. The van der Waals surface area contributed by atoms with Gasteiger partial charge in [-0.25, -0.2) is 4.68 Å². The Morgan fingerprint density at radius 2 is 2.21 bits per heavy atom. The van der Waals surface area contributed by atoms with Crippen LogP contribution in [0.25, 0.3) is 0 Å². The highest BCUT2D eigenvalue weighted by Crippen LogP contribution is 2.34. The third kappa shape index (κ3) is 2.60. The number of carbonyl (C=O) groups is 1. The normalized spacial score (nSPS) is 24.4. The van der Waals surface area contributed by atoms with Crippen LogP contribution in [0.5, 0.6) is 0 Å². The highest BCUT2D eigenvalue weighted by molar-refractivity contribution is 5.75. The summed E-state index contributed by atoms with van der Waals surface area (Å²) in [4.78, 5) is 14.0. The molecule has 0 spiro atoms. The van der Waals surface area contributed by atoms with E-state index >= 15 is 0 Å². The maximum atomic E-state index is 11.8. The lowest BCUT2D eigenvalue weighted by molar-refractivity contribution is -0.148. The fraction of sp³-hybridized carbons (Fsp3) is 0.833. The Bertz CT molecular complexity index is 457. The second kappa shape index (κ2) is 5.24. The van der Waals surface area contributed by atoms with Gasteiger partial charge < -0.3 is 4.74 Å². The van der Waals surface area contributed by atoms with E-state index < -0.39 is 0 Å². The largest absolute Gasteiger partial charge is 0.468 e. The van der Waals surface area contributed by atoms with Crippen LogP contribution >= 0.6 is 0 Å². The van der Waals surface area contributed by atoms with Crippen molar-refractivity contribution < 1.29 is 9.53 Å². The van der Waals surface area contributed by atoms with Crippen molar-refractivity contribution in [2.24, 2.45) is 0 Å². The van der Waals surface area contributed by atoms with E-state index in [-0.39, 0.29) is 12.0 Å². The summed E-state index contributed by atoms with van der Waals surface area (Å²) >= 11 is 0. The van der Waals surface area contributed by atoms with Gasteiger partial charge in [-0.1, -0.05) is 6.42 Å². The lowest BCUT2D eigenvalue weighted by Gasteiger charge is -2.33. The summed E-state index contributed by atoms with van der Waals surface area (Å²) in [5.74, 6) is 0.712. The number of tetrazole rings is 1. The molecule has 2 aliphatic rings. The minimum atomic E-state index is -0.150. The molecule has 1 aliphatic carbocycles. The van der Waals surface area contributed by atoms with Crippen LogP contribution in [0.15, 0.2) is 0 Å². The van der Waals surface area contributed by atoms with Gasteiger partial charge in [0, 0.05) is 0 Å². The maximum absolute atomic E-state index is 11.8. The lowest BCUT2D eigenvalue weighted by atomic mass is 10.0. The molecule has 1 saturated heterocycles. The monoisotopic (exact) mass is 265 g/mol. The number of aromatic nitrogens is 4. The summed E-state index contributed by atoms with van der Waals surface area (Å²) in [6.07, 6.45) is 5.34. The van der Waals surface area contributed by atoms with Gasteiger partial charge in [0.25, 0.3) is 0 Å². The van der Waals surface area contributed by atoms with E-state index in [2.05, 4.69) is 20.4 Å². The summed E-state index contributed by atoms with van der Waals surface area (Å²) < 4.78 is 6.80. The first-order valence-electron chi connectivity index (χ1n) is 6.88. The van der Waals surface area contributed by atoms with E-state index in [9.17, 15) is 4.79 Å². The van der Waals surface area contributed by atoms with E-state index in [4.69, 9.17) is 4.74 Å². The number of carbonyl (C=O) groups excluding carboxylic acids is 1. The van der Waals surface area contributed by atoms with Gasteiger partial charge in [-0.2, -0.15) is 0 Å². The number of esters is 1. The van der Waals surface area contributed by atoms with E-state index in [0.717, 1.165) is 44.5 Å². The summed E-state index contributed by atoms with van der Waals surface area (Å²) in [6, 6.07) is 0.314. The Hall–Kier alpha value is -1.50. The van der Waals surface area contributed by atoms with Crippen LogP contribution in [0, 0.1) is 0 Å². The number of ether oxygens (including phenoxy) is 1. The minimum absolute atomic E-state index is 0.148. The molecule has 104 valence electrons. The molecule has 0 N–H and O–H groups in total. The quantitative estimate of drug-likeness (QED) is 0.740. The van der Waals surface area contributed by atoms with Crippen molar-refractivity contribution >= 4 is 5.97 Å². The predicted molar refractivity (Wildman–Crippen MR) is 66.2 cm³/mol. The zero-order valence-corrected chi connectivity index (χ0v) is 11.2. The van der Waals surface area contributed by atoms with Gasteiger partial charge >= 0.3 is 5.97 Å². The Balaban J connectivity index is 1.72. The van der Waals surface area contributed by atoms with E-state index in [1.165, 1.54) is 7.11 Å². The van der Waals surface area contributed by atoms with Gasteiger partial charge in [0.2, 0.25) is 0 Å². The molecular formula is C12H19N5O2. The number of hydrogen-bond acceptors (Lipinski definition) is 6. The van der Waals surface area contributed by atoms with Crippen molar-refractivity contribution in [3.63, 3.8) is 0 Å². The summed E-state index contributed by atoms with van der Waals surface area (Å²) in [6.45, 7) is 1.53. The molecule has 3 rings (SSSR count). The molecule has 1 aromatic heterocycles. The fourth-order valence-electron chi connectivity index (χ4n) is 2.68. The second-order valence-corrected chi connectivity index (χ2v) is 5.28. The summed E-state index contributed by atoms with van der Waals surface area (Å²) in [5, 5.41) is 11.9. The SMILES string of the molecule is COC(=O)C1CCCCN1Cc1nnnn1C1CC1. The molecule has 19 heavy (non-hydrogen) atoms.